The summed E-state index contributed by atoms with van der Waals surface area (Å²) in [5, 5.41) is 1.06. The van der Waals surface area contributed by atoms with Crippen molar-refractivity contribution in [2.75, 3.05) is 20.6 Å². The average molecular weight is 325 g/mol. The largest absolute Gasteiger partial charge is 0.361 e. The van der Waals surface area contributed by atoms with Crippen molar-refractivity contribution in [2.24, 2.45) is 11.8 Å². The first-order chi connectivity index (χ1) is 11.5. The lowest BCUT2D eigenvalue weighted by Crippen LogP contribution is -2.39. The van der Waals surface area contributed by atoms with Crippen molar-refractivity contribution in [3.63, 3.8) is 0 Å². The lowest BCUT2D eigenvalue weighted by molar-refractivity contribution is -0.134. The van der Waals surface area contributed by atoms with Crippen LogP contribution in [0, 0.1) is 11.8 Å². The molecule has 0 bridgehead atoms. The molecule has 126 valence electrons. The molecule has 1 saturated heterocycles. The number of carbonyl (C=O) groups is 2. The molecule has 1 aliphatic heterocycles. The fraction of sp³-hybridized carbons (Fsp3) is 0.474. The summed E-state index contributed by atoms with van der Waals surface area (Å²) < 4.78 is 0. The van der Waals surface area contributed by atoms with Crippen LogP contribution in [0.1, 0.15) is 29.6 Å². The number of aromatic amines is 1. The van der Waals surface area contributed by atoms with Crippen molar-refractivity contribution >= 4 is 22.7 Å². The van der Waals surface area contributed by atoms with Gasteiger partial charge in [-0.25, -0.2) is 0 Å². The van der Waals surface area contributed by atoms with Gasteiger partial charge in [-0.15, -0.1) is 0 Å². The Morgan fingerprint density at radius 2 is 2.04 bits per heavy atom. The Hall–Kier alpha value is -2.30. The van der Waals surface area contributed by atoms with E-state index in [-0.39, 0.29) is 17.9 Å². The molecule has 1 aliphatic carbocycles. The molecular formula is C19H23N3O2. The highest BCUT2D eigenvalue weighted by Crippen LogP contribution is 2.40. The van der Waals surface area contributed by atoms with Crippen molar-refractivity contribution in [3.8, 4) is 0 Å². The number of piperidine rings is 1. The van der Waals surface area contributed by atoms with Gasteiger partial charge < -0.3 is 14.8 Å². The zero-order valence-electron chi connectivity index (χ0n) is 14.2. The minimum absolute atomic E-state index is 0.0708. The van der Waals surface area contributed by atoms with Crippen LogP contribution in [0.2, 0.25) is 0 Å². The molecule has 0 unspecified atom stereocenters. The molecular weight excluding hydrogens is 302 g/mol. The molecule has 1 aromatic carbocycles. The van der Waals surface area contributed by atoms with Gasteiger partial charge in [-0.2, -0.15) is 0 Å². The molecule has 2 aliphatic rings. The van der Waals surface area contributed by atoms with E-state index in [0.29, 0.717) is 18.3 Å². The van der Waals surface area contributed by atoms with Gasteiger partial charge in [-0.05, 0) is 48.9 Å². The van der Waals surface area contributed by atoms with Gasteiger partial charge in [-0.1, -0.05) is 0 Å². The van der Waals surface area contributed by atoms with Gasteiger partial charge in [0, 0.05) is 55.8 Å². The van der Waals surface area contributed by atoms with Crippen molar-refractivity contribution in [1.82, 2.24) is 14.8 Å². The monoisotopic (exact) mass is 325 g/mol. The third kappa shape index (κ3) is 2.48. The van der Waals surface area contributed by atoms with E-state index in [4.69, 9.17) is 0 Å². The van der Waals surface area contributed by atoms with Crippen molar-refractivity contribution < 1.29 is 9.59 Å². The Balaban J connectivity index is 1.50. The quantitative estimate of drug-likeness (QED) is 0.922. The lowest BCUT2D eigenvalue weighted by atomic mass is 9.88. The number of amides is 2. The zero-order valence-corrected chi connectivity index (χ0v) is 14.2. The van der Waals surface area contributed by atoms with Crippen molar-refractivity contribution in [2.45, 2.75) is 25.3 Å². The number of carbonyl (C=O) groups excluding carboxylic acids is 2. The zero-order chi connectivity index (χ0) is 16.8. The highest BCUT2D eigenvalue weighted by Gasteiger charge is 2.42. The van der Waals surface area contributed by atoms with Crippen LogP contribution in [0.15, 0.2) is 30.5 Å². The van der Waals surface area contributed by atoms with Crippen LogP contribution < -0.4 is 0 Å². The molecule has 24 heavy (non-hydrogen) atoms. The maximum absolute atomic E-state index is 12.9. The van der Waals surface area contributed by atoms with Gasteiger partial charge in [-0.3, -0.25) is 9.59 Å². The topological polar surface area (TPSA) is 56.4 Å². The van der Waals surface area contributed by atoms with E-state index >= 15 is 0 Å². The summed E-state index contributed by atoms with van der Waals surface area (Å²) in [4.78, 5) is 31.7. The third-order valence-corrected chi connectivity index (χ3v) is 5.86. The first-order valence-electron chi connectivity index (χ1n) is 8.61. The number of H-pyrrole nitrogens is 1. The molecule has 1 saturated carbocycles. The maximum Gasteiger partial charge on any atom is 0.253 e. The maximum atomic E-state index is 12.9. The van der Waals surface area contributed by atoms with E-state index < -0.39 is 0 Å². The van der Waals surface area contributed by atoms with Crippen LogP contribution in [-0.2, 0) is 4.79 Å². The van der Waals surface area contributed by atoms with E-state index in [2.05, 4.69) is 4.98 Å². The normalized spacial score (nSPS) is 26.7. The molecule has 0 radical (unpaired) electrons. The summed E-state index contributed by atoms with van der Waals surface area (Å²) in [5.41, 5.74) is 1.77. The second-order valence-electron chi connectivity index (χ2n) is 7.32. The summed E-state index contributed by atoms with van der Waals surface area (Å²) in [5.74, 6) is 1.27. The first-order valence-corrected chi connectivity index (χ1v) is 8.61. The molecule has 2 heterocycles. The molecule has 5 nitrogen and oxygen atoms in total. The Morgan fingerprint density at radius 1 is 1.25 bits per heavy atom. The summed E-state index contributed by atoms with van der Waals surface area (Å²) in [7, 11) is 3.78. The number of fused-ring (bicyclic) bond motifs is 2. The Labute approximate surface area is 141 Å². The van der Waals surface area contributed by atoms with E-state index in [1.165, 1.54) is 0 Å². The molecule has 2 aromatic rings. The lowest BCUT2D eigenvalue weighted by Gasteiger charge is -2.31. The number of aromatic nitrogens is 1. The minimum atomic E-state index is 0.0708. The Morgan fingerprint density at radius 3 is 2.88 bits per heavy atom. The molecule has 2 fully saturated rings. The molecule has 1 aromatic heterocycles. The number of nitrogens with one attached hydrogen (secondary N) is 1. The molecule has 4 rings (SSSR count). The van der Waals surface area contributed by atoms with Gasteiger partial charge in [0.1, 0.15) is 0 Å². The van der Waals surface area contributed by atoms with Crippen LogP contribution in [0.4, 0.5) is 0 Å². The Bertz CT molecular complexity index is 797. The van der Waals surface area contributed by atoms with E-state index in [0.717, 1.165) is 35.9 Å². The predicted octanol–water partition coefficient (Wildman–Crippen LogP) is 2.50. The molecule has 3 atom stereocenters. The van der Waals surface area contributed by atoms with Crippen LogP contribution in [-0.4, -0.2) is 53.3 Å². The molecule has 0 spiro atoms. The van der Waals surface area contributed by atoms with Crippen LogP contribution in [0.5, 0.6) is 0 Å². The number of hydrogen-bond acceptors (Lipinski definition) is 2. The number of rotatable bonds is 2. The highest BCUT2D eigenvalue weighted by atomic mass is 16.2. The van der Waals surface area contributed by atoms with Crippen molar-refractivity contribution in [1.29, 1.82) is 0 Å². The third-order valence-electron chi connectivity index (χ3n) is 5.86. The summed E-state index contributed by atoms with van der Waals surface area (Å²) in [6.07, 6.45) is 4.46. The number of benzene rings is 1. The summed E-state index contributed by atoms with van der Waals surface area (Å²) >= 11 is 0. The first kappa shape index (κ1) is 15.2. The highest BCUT2D eigenvalue weighted by molar-refractivity contribution is 5.98. The minimum Gasteiger partial charge on any atom is -0.361 e. The van der Waals surface area contributed by atoms with Crippen LogP contribution in [0.3, 0.4) is 0 Å². The van der Waals surface area contributed by atoms with Crippen molar-refractivity contribution in [3.05, 3.63) is 36.0 Å². The van der Waals surface area contributed by atoms with Crippen LogP contribution >= 0.6 is 0 Å². The fourth-order valence-electron chi connectivity index (χ4n) is 4.36. The van der Waals surface area contributed by atoms with E-state index in [1.807, 2.05) is 54.4 Å². The molecule has 1 N–H and O–H groups in total. The van der Waals surface area contributed by atoms with Gasteiger partial charge in [0.15, 0.2) is 0 Å². The van der Waals surface area contributed by atoms with Crippen LogP contribution in [0.25, 0.3) is 10.9 Å². The van der Waals surface area contributed by atoms with Gasteiger partial charge in [0.05, 0.1) is 0 Å². The number of nitrogens with zero attached hydrogens (tertiary/aromatic N) is 2. The molecule has 2 amide bonds. The second-order valence-corrected chi connectivity index (χ2v) is 7.32. The van der Waals surface area contributed by atoms with E-state index in [1.54, 1.807) is 0 Å². The van der Waals surface area contributed by atoms with Gasteiger partial charge in [0.25, 0.3) is 5.91 Å². The van der Waals surface area contributed by atoms with E-state index in [9.17, 15) is 9.59 Å². The number of likely N-dealkylation sites (tertiary alicyclic amines) is 1. The van der Waals surface area contributed by atoms with Gasteiger partial charge >= 0.3 is 0 Å². The molecule has 5 heteroatoms. The second kappa shape index (κ2) is 5.65. The SMILES string of the molecule is CN1C[C@H]2C[C@@H](N(C)C(=O)c3ccc4[nH]ccc4c3)C[C@H]2CC1=O. The fourth-order valence-corrected chi connectivity index (χ4v) is 4.36. The predicted molar refractivity (Wildman–Crippen MR) is 92.6 cm³/mol. The average Bonchev–Trinajstić information content (AvgIpc) is 3.19. The van der Waals surface area contributed by atoms with Gasteiger partial charge in [0.2, 0.25) is 5.91 Å². The standard InChI is InChI=1S/C19H23N3O2/c1-21-11-15-9-16(8-14(15)10-18(21)23)22(2)19(24)13-3-4-17-12(7-13)5-6-20-17/h3-7,14-16,20H,8-11H2,1-2H3/t14-,15+,16-/m0/s1. The summed E-state index contributed by atoms with van der Waals surface area (Å²) in [6, 6.07) is 8.01. The number of hydrogen-bond donors (Lipinski definition) is 1. The Kier molecular flexibility index (Phi) is 3.59. The smallest absolute Gasteiger partial charge is 0.253 e. The summed E-state index contributed by atoms with van der Waals surface area (Å²) in [6.45, 7) is 0.831.